The minimum absolute atomic E-state index is 0.00629. The van der Waals surface area contributed by atoms with Gasteiger partial charge in [-0.2, -0.15) is 0 Å². The Bertz CT molecular complexity index is 1560. The van der Waals surface area contributed by atoms with Gasteiger partial charge in [-0.05, 0) is 77.6 Å². The van der Waals surface area contributed by atoms with Crippen molar-refractivity contribution >= 4 is 23.2 Å². The number of hydrogen-bond donors (Lipinski definition) is 5. The second-order valence-electron chi connectivity index (χ2n) is 14.6. The molecule has 2 unspecified atom stereocenters. The maximum atomic E-state index is 14.4. The number of fused-ring (bicyclic) bond motifs is 3. The Morgan fingerprint density at radius 1 is 1.10 bits per heavy atom. The summed E-state index contributed by atoms with van der Waals surface area (Å²) in [6.07, 6.45) is 3.13. The molecule has 0 spiro atoms. The molecule has 1 aromatic rings. The van der Waals surface area contributed by atoms with Crippen LogP contribution in [-0.2, 0) is 32.0 Å². The molecule has 0 bridgehead atoms. The van der Waals surface area contributed by atoms with Gasteiger partial charge in [0.1, 0.15) is 22.8 Å². The summed E-state index contributed by atoms with van der Waals surface area (Å²) in [4.78, 5) is 45.9. The van der Waals surface area contributed by atoms with Gasteiger partial charge in [-0.25, -0.2) is 0 Å². The molecule has 1 saturated heterocycles. The highest BCUT2D eigenvalue weighted by molar-refractivity contribution is 6.25. The number of aliphatic hydroxyl groups excluding tert-OH is 2. The smallest absolute Gasteiger partial charge is 0.255 e. The van der Waals surface area contributed by atoms with Gasteiger partial charge >= 0.3 is 0 Å². The number of ketones is 2. The van der Waals surface area contributed by atoms with E-state index in [9.17, 15) is 34.8 Å². The lowest BCUT2D eigenvalue weighted by atomic mass is 9.58. The fourth-order valence-electron chi connectivity index (χ4n) is 8.15. The quantitative estimate of drug-likeness (QED) is 0.215. The number of ether oxygens (including phenoxy) is 2. The predicted octanol–water partition coefficient (Wildman–Crippen LogP) is 2.37. The number of primary amides is 1. The molecule has 3 aliphatic carbocycles. The molecule has 6 N–H and O–H groups in total. The lowest BCUT2D eigenvalue weighted by Crippen LogP contribution is -2.63. The number of likely N-dealkylation sites (tertiary alicyclic amines) is 1. The van der Waals surface area contributed by atoms with Crippen LogP contribution >= 0.6 is 0 Å². The summed E-state index contributed by atoms with van der Waals surface area (Å²) in [6, 6.07) is 0.858. The first kappa shape index (κ1) is 36.8. The first-order valence-corrected chi connectivity index (χ1v) is 17.2. The molecule has 1 amide bonds. The first-order chi connectivity index (χ1) is 23.0. The highest BCUT2D eigenvalue weighted by Gasteiger charge is 2.63. The molecule has 4 aliphatic rings. The Hall–Kier alpha value is -3.49. The molecular formula is C36H52N4O9. The number of phenolic OH excluding ortho intramolecular Hbond substituents is 1. The number of benzene rings is 1. The van der Waals surface area contributed by atoms with Gasteiger partial charge in [-0.15, -0.1) is 0 Å². The molecule has 270 valence electrons. The van der Waals surface area contributed by atoms with E-state index in [0.717, 1.165) is 38.0 Å². The van der Waals surface area contributed by atoms with Gasteiger partial charge in [-0.3, -0.25) is 24.2 Å². The monoisotopic (exact) mass is 684 g/mol. The van der Waals surface area contributed by atoms with Crippen LogP contribution in [0.4, 0.5) is 5.69 Å². The molecule has 49 heavy (non-hydrogen) atoms. The molecule has 0 radical (unpaired) electrons. The van der Waals surface area contributed by atoms with Crippen LogP contribution in [0, 0.1) is 11.8 Å². The summed E-state index contributed by atoms with van der Waals surface area (Å²) in [5.41, 5.74) is 3.70. The number of nitrogens with two attached hydrogens (primary N) is 1. The van der Waals surface area contributed by atoms with E-state index in [1.54, 1.807) is 19.0 Å². The highest BCUT2D eigenvalue weighted by atomic mass is 16.5. The van der Waals surface area contributed by atoms with Crippen LogP contribution in [0.15, 0.2) is 28.7 Å². The third-order valence-corrected chi connectivity index (χ3v) is 10.8. The Labute approximate surface area is 287 Å². The van der Waals surface area contributed by atoms with E-state index in [-0.39, 0.29) is 48.0 Å². The first-order valence-electron chi connectivity index (χ1n) is 17.2. The minimum Gasteiger partial charge on any atom is -0.510 e. The number of rotatable bonds is 11. The highest BCUT2D eigenvalue weighted by Crippen LogP contribution is 2.53. The van der Waals surface area contributed by atoms with Gasteiger partial charge in [0, 0.05) is 56.5 Å². The van der Waals surface area contributed by atoms with Crippen LogP contribution in [0.3, 0.4) is 0 Å². The number of anilines is 1. The molecule has 0 aromatic heterocycles. The van der Waals surface area contributed by atoms with E-state index in [2.05, 4.69) is 18.7 Å². The Balaban J connectivity index is 1.43. The SMILES string of the molecule is CCC(C)OC(C)COC1CCN(Cc2cc(N(C)C)c3c(c2O)C(=O)C2=C(O)[C@]4(O)C(=O)C(C(N)=O)=C(O)[C@@H](N(C)C)[C@@H]4C[C@@H]2C3)CC1. The Kier molecular flexibility index (Phi) is 10.5. The fraction of sp³-hybridized carbons (Fsp3) is 0.639. The number of piperidine rings is 1. The van der Waals surface area contributed by atoms with Gasteiger partial charge in [0.05, 0.1) is 36.5 Å². The van der Waals surface area contributed by atoms with Crippen molar-refractivity contribution in [2.75, 3.05) is 52.8 Å². The number of aliphatic hydroxyl groups is 3. The van der Waals surface area contributed by atoms with Crippen LogP contribution in [0.5, 0.6) is 5.75 Å². The number of allylic oxidation sites excluding steroid dienone is 1. The summed E-state index contributed by atoms with van der Waals surface area (Å²) in [5.74, 6) is -6.55. The molecule has 13 heteroatoms. The van der Waals surface area contributed by atoms with Crippen molar-refractivity contribution < 1.29 is 44.3 Å². The normalized spacial score (nSPS) is 27.6. The Morgan fingerprint density at radius 3 is 2.33 bits per heavy atom. The van der Waals surface area contributed by atoms with Crippen molar-refractivity contribution in [3.05, 3.63) is 45.4 Å². The molecule has 1 aliphatic heterocycles. The summed E-state index contributed by atoms with van der Waals surface area (Å²) >= 11 is 0. The third kappa shape index (κ3) is 6.47. The number of carbonyl (C=O) groups is 3. The fourth-order valence-corrected chi connectivity index (χ4v) is 8.15. The summed E-state index contributed by atoms with van der Waals surface area (Å²) in [7, 11) is 6.93. The van der Waals surface area contributed by atoms with Gasteiger partial charge in [0.15, 0.2) is 11.4 Å². The van der Waals surface area contributed by atoms with Crippen molar-refractivity contribution in [1.29, 1.82) is 0 Å². The average Bonchev–Trinajstić information content (AvgIpc) is 3.03. The molecule has 0 saturated carbocycles. The minimum atomic E-state index is -2.67. The molecule has 1 fully saturated rings. The largest absolute Gasteiger partial charge is 0.510 e. The lowest BCUT2D eigenvalue weighted by molar-refractivity contribution is -0.148. The number of hydrogen-bond acceptors (Lipinski definition) is 12. The van der Waals surface area contributed by atoms with E-state index in [1.165, 1.54) is 0 Å². The molecule has 5 rings (SSSR count). The van der Waals surface area contributed by atoms with E-state index < -0.39 is 58.0 Å². The summed E-state index contributed by atoms with van der Waals surface area (Å²) in [5, 5.41) is 46.3. The second-order valence-corrected chi connectivity index (χ2v) is 14.6. The van der Waals surface area contributed by atoms with Crippen LogP contribution < -0.4 is 10.6 Å². The lowest BCUT2D eigenvalue weighted by Gasteiger charge is -2.50. The summed E-state index contributed by atoms with van der Waals surface area (Å²) in [6.45, 7) is 8.52. The number of aromatic hydroxyl groups is 1. The predicted molar refractivity (Wildman–Crippen MR) is 183 cm³/mol. The van der Waals surface area contributed by atoms with Gasteiger partial charge in [-0.1, -0.05) is 6.92 Å². The number of carbonyl (C=O) groups excluding carboxylic acids is 3. The van der Waals surface area contributed by atoms with Gasteiger partial charge in [0.2, 0.25) is 5.78 Å². The Morgan fingerprint density at radius 2 is 1.76 bits per heavy atom. The van der Waals surface area contributed by atoms with E-state index in [4.69, 9.17) is 15.2 Å². The standard InChI is InChI=1S/C36H52N4O9/c1-8-18(2)49-19(3)17-48-22-9-11-40(12-10-22)16-21-15-25(38(4)5)23-13-20-14-24-29(39(6)7)32(43)28(35(37)46)34(45)36(24,47)33(44)26(20)31(42)27(23)30(21)41/h15,18-20,22,24,29,41,43-44,47H,8-14,16-17H2,1-7H3,(H2,37,46)/t18?,19?,20-,24-,29-,36-/m0/s1. The number of nitrogens with zero attached hydrogens (tertiary/aromatic N) is 3. The zero-order chi connectivity index (χ0) is 36.1. The molecular weight excluding hydrogens is 632 g/mol. The van der Waals surface area contributed by atoms with Crippen molar-refractivity contribution in [2.45, 2.75) is 89.4 Å². The number of amides is 1. The number of likely N-dealkylation sites (N-methyl/N-ethyl adjacent to an activating group) is 1. The average molecular weight is 685 g/mol. The summed E-state index contributed by atoms with van der Waals surface area (Å²) < 4.78 is 12.1. The van der Waals surface area contributed by atoms with E-state index >= 15 is 0 Å². The van der Waals surface area contributed by atoms with Crippen LogP contribution in [0.25, 0.3) is 0 Å². The van der Waals surface area contributed by atoms with Crippen molar-refractivity contribution in [1.82, 2.24) is 9.80 Å². The van der Waals surface area contributed by atoms with Crippen molar-refractivity contribution in [3.63, 3.8) is 0 Å². The van der Waals surface area contributed by atoms with Crippen LogP contribution in [-0.4, -0.2) is 126 Å². The number of Topliss-reactive ketones (excluding diaryl/α,β-unsaturated/α-hetero) is 2. The zero-order valence-electron chi connectivity index (χ0n) is 29.7. The topological polar surface area (TPSA) is 186 Å². The van der Waals surface area contributed by atoms with Crippen molar-refractivity contribution in [3.8, 4) is 5.75 Å². The van der Waals surface area contributed by atoms with Crippen LogP contribution in [0.1, 0.15) is 67.9 Å². The second kappa shape index (κ2) is 14.0. The van der Waals surface area contributed by atoms with Gasteiger partial charge in [0.25, 0.3) is 5.91 Å². The molecule has 1 heterocycles. The zero-order valence-corrected chi connectivity index (χ0v) is 29.7. The molecule has 6 atom stereocenters. The van der Waals surface area contributed by atoms with Crippen LogP contribution in [0.2, 0.25) is 0 Å². The van der Waals surface area contributed by atoms with Crippen molar-refractivity contribution in [2.24, 2.45) is 17.6 Å². The maximum Gasteiger partial charge on any atom is 0.255 e. The molecule has 1 aromatic carbocycles. The maximum absolute atomic E-state index is 14.4. The van der Waals surface area contributed by atoms with E-state index in [0.29, 0.717) is 24.3 Å². The van der Waals surface area contributed by atoms with E-state index in [1.807, 2.05) is 32.0 Å². The number of phenols is 1. The van der Waals surface area contributed by atoms with Gasteiger partial charge < -0.3 is 40.5 Å². The molecule has 13 nitrogen and oxygen atoms in total. The third-order valence-electron chi connectivity index (χ3n) is 10.8.